The largest absolute Gasteiger partial charge is 0.395 e. The maximum Gasteiger partial charge on any atom is 0.274 e. The van der Waals surface area contributed by atoms with E-state index in [0.717, 1.165) is 5.56 Å². The Morgan fingerprint density at radius 3 is 2.66 bits per heavy atom. The highest BCUT2D eigenvalue weighted by molar-refractivity contribution is 5.99. The van der Waals surface area contributed by atoms with Gasteiger partial charge in [-0.1, -0.05) is 43.5 Å². The SMILES string of the molecule is CN(CCO)C(=O)c1cnn2c(=O)cc(-c3ccc(C4CCCCC4)cc3)[nH]c12. The molecule has 1 aromatic carbocycles. The fourth-order valence-corrected chi connectivity index (χ4v) is 4.12. The van der Waals surface area contributed by atoms with Crippen molar-refractivity contribution < 1.29 is 9.90 Å². The van der Waals surface area contributed by atoms with Gasteiger partial charge in [0.2, 0.25) is 0 Å². The first-order chi connectivity index (χ1) is 14.1. The molecule has 2 N–H and O–H groups in total. The number of hydrogen-bond donors (Lipinski definition) is 2. The molecule has 0 unspecified atom stereocenters. The number of benzene rings is 1. The molecule has 0 saturated heterocycles. The summed E-state index contributed by atoms with van der Waals surface area (Å²) in [6, 6.07) is 9.85. The van der Waals surface area contributed by atoms with Crippen molar-refractivity contribution in [3.05, 3.63) is 58.0 Å². The number of nitrogens with zero attached hydrogens (tertiary/aromatic N) is 3. The summed E-state index contributed by atoms with van der Waals surface area (Å²) in [5, 5.41) is 13.1. The van der Waals surface area contributed by atoms with Crippen LogP contribution in [0.25, 0.3) is 16.9 Å². The normalized spacial score (nSPS) is 15.0. The van der Waals surface area contributed by atoms with Gasteiger partial charge >= 0.3 is 0 Å². The smallest absolute Gasteiger partial charge is 0.274 e. The molecule has 1 saturated carbocycles. The summed E-state index contributed by atoms with van der Waals surface area (Å²) in [7, 11) is 1.61. The first-order valence-electron chi connectivity index (χ1n) is 10.2. The Hall–Kier alpha value is -2.93. The van der Waals surface area contributed by atoms with Gasteiger partial charge in [0.25, 0.3) is 11.5 Å². The first-order valence-corrected chi connectivity index (χ1v) is 10.2. The third-order valence-corrected chi connectivity index (χ3v) is 5.81. The van der Waals surface area contributed by atoms with Crippen molar-refractivity contribution in [2.45, 2.75) is 38.0 Å². The van der Waals surface area contributed by atoms with E-state index in [1.807, 2.05) is 12.1 Å². The number of amides is 1. The van der Waals surface area contributed by atoms with Crippen LogP contribution in [0.1, 0.15) is 53.9 Å². The molecule has 0 spiro atoms. The van der Waals surface area contributed by atoms with Crippen molar-refractivity contribution in [2.24, 2.45) is 0 Å². The average molecular weight is 394 g/mol. The third kappa shape index (κ3) is 3.82. The third-order valence-electron chi connectivity index (χ3n) is 5.81. The zero-order valence-electron chi connectivity index (χ0n) is 16.6. The van der Waals surface area contributed by atoms with E-state index in [1.165, 1.54) is 59.3 Å². The van der Waals surface area contributed by atoms with Crippen molar-refractivity contribution >= 4 is 11.6 Å². The number of carbonyl (C=O) groups is 1. The fraction of sp³-hybridized carbons (Fsp3) is 0.409. The summed E-state index contributed by atoms with van der Waals surface area (Å²) in [6.07, 6.45) is 7.78. The molecule has 1 aliphatic rings. The monoisotopic (exact) mass is 394 g/mol. The maximum atomic E-state index is 12.6. The van der Waals surface area contributed by atoms with E-state index in [4.69, 9.17) is 5.11 Å². The minimum Gasteiger partial charge on any atom is -0.395 e. The van der Waals surface area contributed by atoms with Crippen molar-refractivity contribution in [3.63, 3.8) is 0 Å². The van der Waals surface area contributed by atoms with Crippen molar-refractivity contribution in [2.75, 3.05) is 20.2 Å². The first kappa shape index (κ1) is 19.4. The standard InChI is InChI=1S/C22H26N4O3/c1-25(11-12-27)22(29)18-14-23-26-20(28)13-19(24-21(18)26)17-9-7-16(8-10-17)15-5-3-2-4-6-15/h7-10,13-15,24,27H,2-6,11-12H2,1H3. The predicted molar refractivity (Wildman–Crippen MR) is 111 cm³/mol. The summed E-state index contributed by atoms with van der Waals surface area (Å²) in [5.41, 5.74) is 3.26. The molecular formula is C22H26N4O3. The lowest BCUT2D eigenvalue weighted by molar-refractivity contribution is 0.0768. The Labute approximate surface area is 169 Å². The minimum absolute atomic E-state index is 0.128. The van der Waals surface area contributed by atoms with Crippen LogP contribution in [0.5, 0.6) is 0 Å². The number of aromatic nitrogens is 3. The molecule has 1 amide bonds. The molecule has 1 aliphatic carbocycles. The minimum atomic E-state index is -0.297. The number of H-pyrrole nitrogens is 1. The average Bonchev–Trinajstić information content (AvgIpc) is 3.19. The highest BCUT2D eigenvalue weighted by Gasteiger charge is 2.19. The predicted octanol–water partition coefficient (Wildman–Crippen LogP) is 2.80. The number of aliphatic hydroxyl groups excluding tert-OH is 1. The van der Waals surface area contributed by atoms with E-state index in [9.17, 15) is 9.59 Å². The van der Waals surface area contributed by atoms with E-state index in [1.54, 1.807) is 7.05 Å². The number of aliphatic hydroxyl groups is 1. The van der Waals surface area contributed by atoms with Gasteiger partial charge in [-0.15, -0.1) is 0 Å². The van der Waals surface area contributed by atoms with Crippen LogP contribution >= 0.6 is 0 Å². The van der Waals surface area contributed by atoms with Crippen molar-refractivity contribution in [1.82, 2.24) is 19.5 Å². The zero-order valence-corrected chi connectivity index (χ0v) is 16.6. The molecule has 1 fully saturated rings. The summed E-state index contributed by atoms with van der Waals surface area (Å²) < 4.78 is 1.19. The van der Waals surface area contributed by atoms with E-state index < -0.39 is 0 Å². The summed E-state index contributed by atoms with van der Waals surface area (Å²) in [4.78, 5) is 29.8. The van der Waals surface area contributed by atoms with Crippen molar-refractivity contribution in [3.8, 4) is 11.3 Å². The van der Waals surface area contributed by atoms with E-state index in [-0.39, 0.29) is 24.6 Å². The Morgan fingerprint density at radius 2 is 1.97 bits per heavy atom. The lowest BCUT2D eigenvalue weighted by atomic mass is 9.84. The molecular weight excluding hydrogens is 368 g/mol. The van der Waals surface area contributed by atoms with Crippen LogP contribution in [0.3, 0.4) is 0 Å². The maximum absolute atomic E-state index is 12.6. The number of likely N-dealkylation sites (N-methyl/N-ethyl adjacent to an activating group) is 1. The Morgan fingerprint density at radius 1 is 1.24 bits per heavy atom. The second-order valence-corrected chi connectivity index (χ2v) is 7.75. The lowest BCUT2D eigenvalue weighted by Crippen LogP contribution is -2.29. The van der Waals surface area contributed by atoms with E-state index in [0.29, 0.717) is 22.8 Å². The number of nitrogens with one attached hydrogen (secondary N) is 1. The van der Waals surface area contributed by atoms with Gasteiger partial charge in [0, 0.05) is 19.7 Å². The Kier molecular flexibility index (Phi) is 5.49. The van der Waals surface area contributed by atoms with Gasteiger partial charge in [0.15, 0.2) is 5.65 Å². The van der Waals surface area contributed by atoms with Gasteiger partial charge in [-0.25, -0.2) is 0 Å². The molecule has 7 nitrogen and oxygen atoms in total. The van der Waals surface area contributed by atoms with Gasteiger partial charge in [-0.05, 0) is 29.9 Å². The molecule has 0 bridgehead atoms. The van der Waals surface area contributed by atoms with Crippen LogP contribution in [-0.4, -0.2) is 50.7 Å². The van der Waals surface area contributed by atoms with Gasteiger partial charge in [-0.3, -0.25) is 9.59 Å². The molecule has 2 heterocycles. The van der Waals surface area contributed by atoms with E-state index >= 15 is 0 Å². The topological polar surface area (TPSA) is 90.7 Å². The number of rotatable bonds is 5. The number of aromatic amines is 1. The highest BCUT2D eigenvalue weighted by Crippen LogP contribution is 2.33. The second kappa shape index (κ2) is 8.21. The van der Waals surface area contributed by atoms with Crippen LogP contribution in [-0.2, 0) is 0 Å². The molecule has 152 valence electrons. The van der Waals surface area contributed by atoms with Crippen molar-refractivity contribution in [1.29, 1.82) is 0 Å². The molecule has 2 aromatic heterocycles. The lowest BCUT2D eigenvalue weighted by Gasteiger charge is -2.22. The number of fused-ring (bicyclic) bond motifs is 1. The number of hydrogen-bond acceptors (Lipinski definition) is 4. The zero-order chi connectivity index (χ0) is 20.4. The van der Waals surface area contributed by atoms with Crippen LogP contribution in [0.15, 0.2) is 41.3 Å². The Balaban J connectivity index is 1.68. The molecule has 0 aliphatic heterocycles. The molecule has 29 heavy (non-hydrogen) atoms. The molecule has 4 rings (SSSR count). The quantitative estimate of drug-likeness (QED) is 0.696. The van der Waals surface area contributed by atoms with Gasteiger partial charge in [0.1, 0.15) is 5.56 Å². The van der Waals surface area contributed by atoms with Gasteiger partial charge < -0.3 is 15.0 Å². The molecule has 0 atom stereocenters. The second-order valence-electron chi connectivity index (χ2n) is 7.75. The Bertz CT molecular complexity index is 1060. The van der Waals surface area contributed by atoms with Crippen LogP contribution in [0.2, 0.25) is 0 Å². The highest BCUT2D eigenvalue weighted by atomic mass is 16.3. The number of carbonyl (C=O) groups excluding carboxylic acids is 1. The van der Waals surface area contributed by atoms with Gasteiger partial charge in [0.05, 0.1) is 18.5 Å². The van der Waals surface area contributed by atoms with Crippen LogP contribution in [0.4, 0.5) is 0 Å². The van der Waals surface area contributed by atoms with Crippen LogP contribution in [0, 0.1) is 0 Å². The summed E-state index contributed by atoms with van der Waals surface area (Å²) in [5.74, 6) is 0.329. The van der Waals surface area contributed by atoms with Crippen LogP contribution < -0.4 is 5.56 Å². The molecule has 0 radical (unpaired) electrons. The molecule has 7 heteroatoms. The summed E-state index contributed by atoms with van der Waals surface area (Å²) in [6.45, 7) is 0.0826. The van der Waals surface area contributed by atoms with E-state index in [2.05, 4.69) is 22.2 Å². The molecule has 3 aromatic rings. The van der Waals surface area contributed by atoms with Gasteiger partial charge in [-0.2, -0.15) is 9.61 Å². The summed E-state index contributed by atoms with van der Waals surface area (Å²) >= 11 is 0. The fourth-order valence-electron chi connectivity index (χ4n) is 4.12.